The monoisotopic (exact) mass is 276 g/mol. The molecule has 0 heterocycles. The average molecular weight is 276 g/mol. The smallest absolute Gasteiger partial charge is 0.328 e. The van der Waals surface area contributed by atoms with Crippen molar-refractivity contribution < 1.29 is 9.90 Å². The number of aliphatic carboxylic acids is 1. The van der Waals surface area contributed by atoms with Crippen LogP contribution in [0.1, 0.15) is 16.7 Å². The molecule has 2 aromatic rings. The maximum absolute atomic E-state index is 10.4. The third-order valence-corrected chi connectivity index (χ3v) is 2.71. The van der Waals surface area contributed by atoms with Crippen LogP contribution in [0.2, 0.25) is 0 Å². The SMILES string of the molecule is N#Cc1ccc(C=Nc2ccc(/C=C/C(=O)O)cc2)cc1. The highest BCUT2D eigenvalue weighted by Gasteiger charge is 1.93. The highest BCUT2D eigenvalue weighted by atomic mass is 16.4. The van der Waals surface area contributed by atoms with Crippen molar-refractivity contribution in [3.8, 4) is 6.07 Å². The maximum atomic E-state index is 10.4. The van der Waals surface area contributed by atoms with Crippen LogP contribution in [0, 0.1) is 11.3 Å². The third-order valence-electron chi connectivity index (χ3n) is 2.71. The van der Waals surface area contributed by atoms with Crippen molar-refractivity contribution in [1.82, 2.24) is 0 Å². The minimum absolute atomic E-state index is 0.613. The lowest BCUT2D eigenvalue weighted by Crippen LogP contribution is -1.85. The molecule has 0 radical (unpaired) electrons. The molecule has 0 saturated heterocycles. The molecule has 0 saturated carbocycles. The summed E-state index contributed by atoms with van der Waals surface area (Å²) < 4.78 is 0. The molecule has 102 valence electrons. The van der Waals surface area contributed by atoms with E-state index in [9.17, 15) is 4.79 Å². The summed E-state index contributed by atoms with van der Waals surface area (Å²) in [4.78, 5) is 14.7. The van der Waals surface area contributed by atoms with Gasteiger partial charge >= 0.3 is 5.97 Å². The molecule has 0 spiro atoms. The van der Waals surface area contributed by atoms with E-state index in [1.54, 1.807) is 30.5 Å². The van der Waals surface area contributed by atoms with Crippen molar-refractivity contribution in [3.63, 3.8) is 0 Å². The van der Waals surface area contributed by atoms with Gasteiger partial charge < -0.3 is 5.11 Å². The van der Waals surface area contributed by atoms with Crippen molar-refractivity contribution in [1.29, 1.82) is 5.26 Å². The Kier molecular flexibility index (Phi) is 4.62. The highest BCUT2D eigenvalue weighted by Crippen LogP contribution is 2.14. The molecule has 0 aliphatic heterocycles. The van der Waals surface area contributed by atoms with E-state index in [2.05, 4.69) is 11.1 Å². The van der Waals surface area contributed by atoms with Gasteiger partial charge in [0.2, 0.25) is 0 Å². The van der Waals surface area contributed by atoms with Crippen LogP contribution < -0.4 is 0 Å². The molecule has 0 atom stereocenters. The summed E-state index contributed by atoms with van der Waals surface area (Å²) in [5.74, 6) is -0.974. The van der Waals surface area contributed by atoms with Gasteiger partial charge in [-0.15, -0.1) is 0 Å². The minimum Gasteiger partial charge on any atom is -0.478 e. The first-order chi connectivity index (χ1) is 10.2. The van der Waals surface area contributed by atoms with Crippen molar-refractivity contribution in [2.45, 2.75) is 0 Å². The average Bonchev–Trinajstić information content (AvgIpc) is 2.52. The molecule has 0 aliphatic rings. The lowest BCUT2D eigenvalue weighted by atomic mass is 10.1. The highest BCUT2D eigenvalue weighted by molar-refractivity contribution is 5.85. The van der Waals surface area contributed by atoms with E-state index in [0.717, 1.165) is 22.9 Å². The summed E-state index contributed by atoms with van der Waals surface area (Å²) >= 11 is 0. The zero-order chi connectivity index (χ0) is 15.1. The Bertz CT molecular complexity index is 721. The summed E-state index contributed by atoms with van der Waals surface area (Å²) in [6.45, 7) is 0. The number of rotatable bonds is 4. The van der Waals surface area contributed by atoms with Gasteiger partial charge in [0.15, 0.2) is 0 Å². The van der Waals surface area contributed by atoms with Gasteiger partial charge in [0.05, 0.1) is 17.3 Å². The largest absolute Gasteiger partial charge is 0.478 e. The molecule has 1 N–H and O–H groups in total. The van der Waals surface area contributed by atoms with Crippen LogP contribution in [0.4, 0.5) is 5.69 Å². The summed E-state index contributed by atoms with van der Waals surface area (Å²) in [5, 5.41) is 17.3. The number of benzene rings is 2. The quantitative estimate of drug-likeness (QED) is 0.687. The second-order valence-electron chi connectivity index (χ2n) is 4.26. The van der Waals surface area contributed by atoms with E-state index in [0.29, 0.717) is 5.56 Å². The summed E-state index contributed by atoms with van der Waals surface area (Å²) in [5.41, 5.74) is 3.09. The fourth-order valence-corrected chi connectivity index (χ4v) is 1.63. The lowest BCUT2D eigenvalue weighted by molar-refractivity contribution is -0.131. The third kappa shape index (κ3) is 4.44. The molecule has 0 unspecified atom stereocenters. The molecular weight excluding hydrogens is 264 g/mol. The number of carbonyl (C=O) groups is 1. The van der Waals surface area contributed by atoms with Gasteiger partial charge in [0, 0.05) is 12.3 Å². The number of hydrogen-bond acceptors (Lipinski definition) is 3. The molecule has 0 bridgehead atoms. The molecule has 4 nitrogen and oxygen atoms in total. The van der Waals surface area contributed by atoms with Crippen molar-refractivity contribution in [2.24, 2.45) is 4.99 Å². The number of carboxylic acid groups (broad SMARTS) is 1. The van der Waals surface area contributed by atoms with Crippen LogP contribution in [0.3, 0.4) is 0 Å². The Morgan fingerprint density at radius 3 is 2.24 bits per heavy atom. The van der Waals surface area contributed by atoms with E-state index < -0.39 is 5.97 Å². The van der Waals surface area contributed by atoms with Crippen LogP contribution >= 0.6 is 0 Å². The van der Waals surface area contributed by atoms with E-state index in [1.807, 2.05) is 24.3 Å². The predicted molar refractivity (Wildman–Crippen MR) is 81.5 cm³/mol. The fraction of sp³-hybridized carbons (Fsp3) is 0. The van der Waals surface area contributed by atoms with Gasteiger partial charge in [-0.3, -0.25) is 4.99 Å². The number of aliphatic imine (C=N–C) groups is 1. The van der Waals surface area contributed by atoms with Crippen LogP contribution in [0.15, 0.2) is 59.6 Å². The Balaban J connectivity index is 2.07. The maximum Gasteiger partial charge on any atom is 0.328 e. The molecular formula is C17H12N2O2. The first kappa shape index (κ1) is 14.2. The van der Waals surface area contributed by atoms with Gasteiger partial charge in [-0.25, -0.2) is 4.79 Å². The number of hydrogen-bond donors (Lipinski definition) is 1. The zero-order valence-electron chi connectivity index (χ0n) is 11.1. The molecule has 0 fully saturated rings. The minimum atomic E-state index is -0.974. The van der Waals surface area contributed by atoms with Crippen LogP contribution in [0.5, 0.6) is 0 Å². The first-order valence-corrected chi connectivity index (χ1v) is 6.23. The first-order valence-electron chi connectivity index (χ1n) is 6.23. The van der Waals surface area contributed by atoms with E-state index in [-0.39, 0.29) is 0 Å². The number of carboxylic acids is 1. The van der Waals surface area contributed by atoms with Crippen molar-refractivity contribution in [3.05, 3.63) is 71.3 Å². The zero-order valence-corrected chi connectivity index (χ0v) is 11.1. The Hall–Kier alpha value is -3.19. The molecule has 0 aliphatic carbocycles. The molecule has 4 heteroatoms. The van der Waals surface area contributed by atoms with Gasteiger partial charge in [0.25, 0.3) is 0 Å². The summed E-state index contributed by atoms with van der Waals surface area (Å²) in [6.07, 6.45) is 4.33. The van der Waals surface area contributed by atoms with Crippen LogP contribution in [0.25, 0.3) is 6.08 Å². The molecule has 2 rings (SSSR count). The predicted octanol–water partition coefficient (Wildman–Crippen LogP) is 3.41. The summed E-state index contributed by atoms with van der Waals surface area (Å²) in [7, 11) is 0. The molecule has 21 heavy (non-hydrogen) atoms. The van der Waals surface area contributed by atoms with Crippen molar-refractivity contribution >= 4 is 23.9 Å². The normalized spacial score (nSPS) is 10.8. The van der Waals surface area contributed by atoms with Gasteiger partial charge in [-0.05, 0) is 41.5 Å². The topological polar surface area (TPSA) is 73.5 Å². The second-order valence-corrected chi connectivity index (χ2v) is 4.26. The Morgan fingerprint density at radius 1 is 1.05 bits per heavy atom. The molecule has 0 amide bonds. The van der Waals surface area contributed by atoms with E-state index in [4.69, 9.17) is 10.4 Å². The van der Waals surface area contributed by atoms with E-state index >= 15 is 0 Å². The second kappa shape index (κ2) is 6.83. The van der Waals surface area contributed by atoms with Gasteiger partial charge in [-0.2, -0.15) is 5.26 Å². The number of nitrogens with zero attached hydrogens (tertiary/aromatic N) is 2. The Labute approximate surface area is 122 Å². The Morgan fingerprint density at radius 2 is 1.67 bits per heavy atom. The number of nitriles is 1. The molecule has 0 aromatic heterocycles. The fourth-order valence-electron chi connectivity index (χ4n) is 1.63. The van der Waals surface area contributed by atoms with Crippen LogP contribution in [-0.2, 0) is 4.79 Å². The van der Waals surface area contributed by atoms with Gasteiger partial charge in [-0.1, -0.05) is 24.3 Å². The van der Waals surface area contributed by atoms with Crippen LogP contribution in [-0.4, -0.2) is 17.3 Å². The summed E-state index contributed by atoms with van der Waals surface area (Å²) in [6, 6.07) is 16.4. The van der Waals surface area contributed by atoms with E-state index in [1.165, 1.54) is 6.08 Å². The molecule has 2 aromatic carbocycles. The van der Waals surface area contributed by atoms with Crippen molar-refractivity contribution in [2.75, 3.05) is 0 Å². The standard InChI is InChI=1S/C17H12N2O2/c18-11-14-1-3-15(4-2-14)12-19-16-8-5-13(6-9-16)7-10-17(20)21/h1-10,12H,(H,20,21)/b10-7+,19-12?. The van der Waals surface area contributed by atoms with Gasteiger partial charge in [0.1, 0.15) is 0 Å². The lowest BCUT2D eigenvalue weighted by Gasteiger charge is -1.96.